The van der Waals surface area contributed by atoms with Crippen LogP contribution in [0, 0.1) is 0 Å². The Labute approximate surface area is 114 Å². The lowest BCUT2D eigenvalue weighted by Crippen LogP contribution is -2.39. The van der Waals surface area contributed by atoms with Crippen molar-refractivity contribution in [3.8, 4) is 0 Å². The molecule has 96 valence electrons. The average Bonchev–Trinajstić information content (AvgIpc) is 2.39. The second kappa shape index (κ2) is 6.00. The first-order valence-electron chi connectivity index (χ1n) is 5.91. The van der Waals surface area contributed by atoms with Crippen molar-refractivity contribution >= 4 is 27.5 Å². The smallest absolute Gasteiger partial charge is 0.227 e. The highest BCUT2D eigenvalue weighted by molar-refractivity contribution is 9.10. The number of halogens is 1. The molecule has 1 amide bonds. The summed E-state index contributed by atoms with van der Waals surface area (Å²) in [6.45, 7) is 1.29. The van der Waals surface area contributed by atoms with E-state index in [1.807, 2.05) is 29.2 Å². The molecule has 1 aromatic rings. The molecule has 2 rings (SSSR count). The first-order chi connectivity index (χ1) is 8.69. The molecule has 0 aromatic heterocycles. The van der Waals surface area contributed by atoms with E-state index in [9.17, 15) is 4.79 Å². The maximum absolute atomic E-state index is 12.1. The number of likely N-dealkylation sites (tertiary alicyclic amines) is 1. The summed E-state index contributed by atoms with van der Waals surface area (Å²) in [5.41, 5.74) is 1.79. The fourth-order valence-electron chi connectivity index (χ4n) is 2.05. The van der Waals surface area contributed by atoms with E-state index in [0.29, 0.717) is 32.4 Å². The number of carbonyl (C=O) groups is 1. The number of benzene rings is 1. The molecule has 0 spiro atoms. The monoisotopic (exact) mass is 310 g/mol. The summed E-state index contributed by atoms with van der Waals surface area (Å²) in [4.78, 5) is 13.9. The maximum atomic E-state index is 12.1. The fraction of sp³-hybridized carbons (Fsp3) is 0.385. The molecular weight excluding hydrogens is 296 g/mol. The third kappa shape index (κ3) is 3.32. The minimum Gasteiger partial charge on any atom is -0.411 e. The van der Waals surface area contributed by atoms with Crippen LogP contribution in [-0.2, 0) is 11.2 Å². The highest BCUT2D eigenvalue weighted by Gasteiger charge is 2.20. The molecule has 0 bridgehead atoms. The van der Waals surface area contributed by atoms with Crippen molar-refractivity contribution in [3.05, 3.63) is 34.3 Å². The van der Waals surface area contributed by atoms with Gasteiger partial charge in [0.05, 0.1) is 12.1 Å². The van der Waals surface area contributed by atoms with Crippen LogP contribution in [-0.4, -0.2) is 34.8 Å². The zero-order valence-corrected chi connectivity index (χ0v) is 11.6. The summed E-state index contributed by atoms with van der Waals surface area (Å²) in [5.74, 6) is 0.130. The van der Waals surface area contributed by atoms with Crippen molar-refractivity contribution in [2.75, 3.05) is 13.1 Å². The summed E-state index contributed by atoms with van der Waals surface area (Å²) in [7, 11) is 0. The Morgan fingerprint density at radius 2 is 2.11 bits per heavy atom. The standard InChI is InChI=1S/C13H15BrN2O2/c14-11-3-1-2-10(8-11)9-13(17)16-6-4-12(15-18)5-7-16/h1-3,8,18H,4-7,9H2. The Morgan fingerprint density at radius 1 is 1.39 bits per heavy atom. The van der Waals surface area contributed by atoms with E-state index in [-0.39, 0.29) is 5.91 Å². The number of hydrogen-bond acceptors (Lipinski definition) is 3. The topological polar surface area (TPSA) is 52.9 Å². The molecule has 0 aliphatic carbocycles. The molecule has 1 aliphatic rings. The van der Waals surface area contributed by atoms with Crippen LogP contribution < -0.4 is 0 Å². The van der Waals surface area contributed by atoms with Crippen molar-refractivity contribution in [1.29, 1.82) is 0 Å². The van der Waals surface area contributed by atoms with E-state index < -0.39 is 0 Å². The third-order valence-electron chi connectivity index (χ3n) is 3.08. The van der Waals surface area contributed by atoms with Gasteiger partial charge in [-0.15, -0.1) is 0 Å². The summed E-state index contributed by atoms with van der Waals surface area (Å²) in [5, 5.41) is 11.9. The molecule has 1 aliphatic heterocycles. The molecule has 1 N–H and O–H groups in total. The van der Waals surface area contributed by atoms with Crippen LogP contribution in [0.25, 0.3) is 0 Å². The van der Waals surface area contributed by atoms with Crippen LogP contribution >= 0.6 is 15.9 Å². The predicted octanol–water partition coefficient (Wildman–Crippen LogP) is 2.44. The number of rotatable bonds is 2. The molecular formula is C13H15BrN2O2. The SMILES string of the molecule is O=C(Cc1cccc(Br)c1)N1CCC(=NO)CC1. The number of hydrogen-bond donors (Lipinski definition) is 1. The van der Waals surface area contributed by atoms with Gasteiger partial charge in [-0.2, -0.15) is 0 Å². The third-order valence-corrected chi connectivity index (χ3v) is 3.57. The van der Waals surface area contributed by atoms with Crippen molar-refractivity contribution in [2.45, 2.75) is 19.3 Å². The van der Waals surface area contributed by atoms with Gasteiger partial charge in [0.1, 0.15) is 0 Å². The van der Waals surface area contributed by atoms with Crippen LogP contribution in [0.15, 0.2) is 33.9 Å². The minimum absolute atomic E-state index is 0.130. The molecule has 0 saturated carbocycles. The summed E-state index contributed by atoms with van der Waals surface area (Å²) >= 11 is 3.40. The fourth-order valence-corrected chi connectivity index (χ4v) is 2.49. The normalized spacial score (nSPS) is 15.6. The van der Waals surface area contributed by atoms with Gasteiger partial charge >= 0.3 is 0 Å². The van der Waals surface area contributed by atoms with E-state index in [0.717, 1.165) is 15.7 Å². The molecule has 0 atom stereocenters. The van der Waals surface area contributed by atoms with Gasteiger partial charge in [0, 0.05) is 30.4 Å². The van der Waals surface area contributed by atoms with Gasteiger partial charge in [-0.25, -0.2) is 0 Å². The highest BCUT2D eigenvalue weighted by Crippen LogP contribution is 2.14. The van der Waals surface area contributed by atoms with Gasteiger partial charge in [-0.05, 0) is 17.7 Å². The van der Waals surface area contributed by atoms with Gasteiger partial charge in [0.2, 0.25) is 5.91 Å². The molecule has 1 saturated heterocycles. The number of carbonyl (C=O) groups excluding carboxylic acids is 1. The zero-order chi connectivity index (χ0) is 13.0. The van der Waals surface area contributed by atoms with E-state index in [1.54, 1.807) is 0 Å². The molecule has 4 nitrogen and oxygen atoms in total. The largest absolute Gasteiger partial charge is 0.411 e. The van der Waals surface area contributed by atoms with Gasteiger partial charge in [0.25, 0.3) is 0 Å². The minimum atomic E-state index is 0.130. The quantitative estimate of drug-likeness (QED) is 0.674. The van der Waals surface area contributed by atoms with E-state index >= 15 is 0 Å². The van der Waals surface area contributed by atoms with Crippen LogP contribution in [0.1, 0.15) is 18.4 Å². The molecule has 5 heteroatoms. The van der Waals surface area contributed by atoms with Gasteiger partial charge < -0.3 is 10.1 Å². The van der Waals surface area contributed by atoms with Crippen LogP contribution in [0.3, 0.4) is 0 Å². The lowest BCUT2D eigenvalue weighted by atomic mass is 10.1. The molecule has 1 aromatic carbocycles. The van der Waals surface area contributed by atoms with Gasteiger partial charge in [0.15, 0.2) is 0 Å². The van der Waals surface area contributed by atoms with Crippen molar-refractivity contribution in [1.82, 2.24) is 4.90 Å². The van der Waals surface area contributed by atoms with Crippen LogP contribution in [0.2, 0.25) is 0 Å². The maximum Gasteiger partial charge on any atom is 0.227 e. The van der Waals surface area contributed by atoms with E-state index in [1.165, 1.54) is 0 Å². The van der Waals surface area contributed by atoms with Crippen molar-refractivity contribution in [2.24, 2.45) is 5.16 Å². The predicted molar refractivity (Wildman–Crippen MR) is 72.9 cm³/mol. The first-order valence-corrected chi connectivity index (χ1v) is 6.70. The number of amides is 1. The Hall–Kier alpha value is -1.36. The number of oxime groups is 1. The average molecular weight is 311 g/mol. The van der Waals surface area contributed by atoms with Crippen LogP contribution in [0.4, 0.5) is 0 Å². The Morgan fingerprint density at radius 3 is 2.72 bits per heavy atom. The first kappa shape index (κ1) is 13.1. The van der Waals surface area contributed by atoms with Gasteiger partial charge in [-0.1, -0.05) is 33.2 Å². The molecule has 1 heterocycles. The van der Waals surface area contributed by atoms with E-state index in [2.05, 4.69) is 21.1 Å². The van der Waals surface area contributed by atoms with Gasteiger partial charge in [-0.3, -0.25) is 4.79 Å². The van der Waals surface area contributed by atoms with Crippen molar-refractivity contribution < 1.29 is 10.0 Å². The van der Waals surface area contributed by atoms with E-state index in [4.69, 9.17) is 5.21 Å². The zero-order valence-electron chi connectivity index (χ0n) is 9.97. The second-order valence-corrected chi connectivity index (χ2v) is 5.27. The molecule has 1 fully saturated rings. The Bertz CT molecular complexity index is 464. The summed E-state index contributed by atoms with van der Waals surface area (Å²) in [6, 6.07) is 7.79. The van der Waals surface area contributed by atoms with Crippen molar-refractivity contribution in [3.63, 3.8) is 0 Å². The molecule has 18 heavy (non-hydrogen) atoms. The lowest BCUT2D eigenvalue weighted by molar-refractivity contribution is -0.130. The molecule has 0 radical (unpaired) electrons. The Kier molecular flexibility index (Phi) is 4.36. The summed E-state index contributed by atoms with van der Waals surface area (Å²) in [6.07, 6.45) is 1.76. The summed E-state index contributed by atoms with van der Waals surface area (Å²) < 4.78 is 0.987. The number of piperidine rings is 1. The second-order valence-electron chi connectivity index (χ2n) is 4.35. The Balaban J connectivity index is 1.93. The number of nitrogens with zero attached hydrogens (tertiary/aromatic N) is 2. The lowest BCUT2D eigenvalue weighted by Gasteiger charge is -2.27. The highest BCUT2D eigenvalue weighted by atomic mass is 79.9. The molecule has 0 unspecified atom stereocenters. The van der Waals surface area contributed by atoms with Crippen LogP contribution in [0.5, 0.6) is 0 Å².